The Morgan fingerprint density at radius 3 is 2.22 bits per heavy atom. The van der Waals surface area contributed by atoms with Crippen molar-refractivity contribution in [1.82, 2.24) is 4.72 Å². The predicted molar refractivity (Wildman–Crippen MR) is 75.3 cm³/mol. The van der Waals surface area contributed by atoms with Crippen LogP contribution in [0.4, 0.5) is 5.69 Å². The van der Waals surface area contributed by atoms with Crippen LogP contribution in [0.25, 0.3) is 0 Å². The fraction of sp³-hybridized carbons (Fsp3) is 0.538. The molecule has 18 heavy (non-hydrogen) atoms. The molecule has 0 aliphatic carbocycles. The monoisotopic (exact) mass is 270 g/mol. The van der Waals surface area contributed by atoms with Crippen LogP contribution in [-0.4, -0.2) is 21.0 Å². The maximum absolute atomic E-state index is 11.9. The Hall–Kier alpha value is -1.07. The molecule has 2 N–H and O–H groups in total. The highest BCUT2D eigenvalue weighted by Crippen LogP contribution is 2.27. The van der Waals surface area contributed by atoms with E-state index in [-0.39, 0.29) is 5.54 Å². The van der Waals surface area contributed by atoms with Gasteiger partial charge in [-0.1, -0.05) is 26.0 Å². The Morgan fingerprint density at radius 1 is 1.17 bits per heavy atom. The summed E-state index contributed by atoms with van der Waals surface area (Å²) in [4.78, 5) is 0.292. The molecule has 5 heteroatoms. The van der Waals surface area contributed by atoms with Crippen LogP contribution >= 0.6 is 0 Å². The lowest BCUT2D eigenvalue weighted by atomic mass is 9.95. The second kappa shape index (κ2) is 5.71. The van der Waals surface area contributed by atoms with Crippen molar-refractivity contribution in [2.24, 2.45) is 0 Å². The van der Waals surface area contributed by atoms with Crippen molar-refractivity contribution in [1.29, 1.82) is 0 Å². The van der Waals surface area contributed by atoms with E-state index in [2.05, 4.69) is 30.8 Å². The van der Waals surface area contributed by atoms with Crippen LogP contribution in [0.2, 0.25) is 0 Å². The second-order valence-electron chi connectivity index (χ2n) is 4.60. The maximum Gasteiger partial charge on any atom is 0.242 e. The molecule has 0 radical (unpaired) electrons. The highest BCUT2D eigenvalue weighted by molar-refractivity contribution is 7.89. The summed E-state index contributed by atoms with van der Waals surface area (Å²) < 4.78 is 26.2. The van der Waals surface area contributed by atoms with Crippen molar-refractivity contribution in [3.05, 3.63) is 24.3 Å². The zero-order valence-corrected chi connectivity index (χ0v) is 12.3. The first-order chi connectivity index (χ1) is 8.38. The molecule has 0 aliphatic heterocycles. The smallest absolute Gasteiger partial charge is 0.242 e. The summed E-state index contributed by atoms with van der Waals surface area (Å²) in [5.74, 6) is 0. The number of hydrogen-bond donors (Lipinski definition) is 2. The van der Waals surface area contributed by atoms with Gasteiger partial charge in [-0.3, -0.25) is 0 Å². The lowest BCUT2D eigenvalue weighted by Gasteiger charge is -2.30. The molecule has 0 spiro atoms. The Kier molecular flexibility index (Phi) is 4.76. The largest absolute Gasteiger partial charge is 0.379 e. The summed E-state index contributed by atoms with van der Waals surface area (Å²) in [6, 6.07) is 6.97. The van der Waals surface area contributed by atoms with Crippen LogP contribution in [0.5, 0.6) is 0 Å². The third kappa shape index (κ3) is 3.23. The Balaban J connectivity index is 3.19. The molecule has 1 aromatic rings. The molecule has 0 aliphatic rings. The van der Waals surface area contributed by atoms with E-state index in [1.54, 1.807) is 18.2 Å². The minimum Gasteiger partial charge on any atom is -0.379 e. The van der Waals surface area contributed by atoms with Crippen LogP contribution in [-0.2, 0) is 10.0 Å². The third-order valence-corrected chi connectivity index (χ3v) is 4.91. The van der Waals surface area contributed by atoms with Crippen LogP contribution in [0.1, 0.15) is 33.6 Å². The van der Waals surface area contributed by atoms with E-state index in [1.165, 1.54) is 7.05 Å². The zero-order valence-electron chi connectivity index (χ0n) is 11.4. The van der Waals surface area contributed by atoms with Crippen molar-refractivity contribution in [3.63, 3.8) is 0 Å². The van der Waals surface area contributed by atoms with Gasteiger partial charge in [-0.25, -0.2) is 13.1 Å². The minimum atomic E-state index is -3.43. The molecule has 0 bridgehead atoms. The van der Waals surface area contributed by atoms with E-state index in [1.807, 2.05) is 6.07 Å². The lowest BCUT2D eigenvalue weighted by molar-refractivity contribution is 0.477. The van der Waals surface area contributed by atoms with Gasteiger partial charge in [0, 0.05) is 5.54 Å². The summed E-state index contributed by atoms with van der Waals surface area (Å²) in [6.07, 6.45) is 1.86. The molecule has 0 heterocycles. The van der Waals surface area contributed by atoms with Gasteiger partial charge in [0.05, 0.1) is 5.69 Å². The normalized spacial score (nSPS) is 12.4. The number of benzene rings is 1. The first-order valence-corrected chi connectivity index (χ1v) is 7.67. The first kappa shape index (κ1) is 15.0. The summed E-state index contributed by atoms with van der Waals surface area (Å²) in [7, 11) is -2.01. The molecule has 0 unspecified atom stereocenters. The van der Waals surface area contributed by atoms with Crippen LogP contribution < -0.4 is 10.0 Å². The van der Waals surface area contributed by atoms with Crippen LogP contribution in [0, 0.1) is 0 Å². The van der Waals surface area contributed by atoms with Crippen molar-refractivity contribution in [2.75, 3.05) is 12.4 Å². The van der Waals surface area contributed by atoms with E-state index in [0.29, 0.717) is 10.6 Å². The molecule has 0 amide bonds. The SMILES string of the molecule is CCC(C)(CC)Nc1ccccc1S(=O)(=O)NC. The summed E-state index contributed by atoms with van der Waals surface area (Å²) in [5, 5.41) is 3.34. The van der Waals surface area contributed by atoms with E-state index in [4.69, 9.17) is 0 Å². The van der Waals surface area contributed by atoms with E-state index in [0.717, 1.165) is 12.8 Å². The lowest BCUT2D eigenvalue weighted by Crippen LogP contribution is -2.34. The first-order valence-electron chi connectivity index (χ1n) is 6.19. The quantitative estimate of drug-likeness (QED) is 0.835. The van der Waals surface area contributed by atoms with Gasteiger partial charge in [-0.05, 0) is 38.9 Å². The molecule has 0 fully saturated rings. The second-order valence-corrected chi connectivity index (χ2v) is 6.45. The van der Waals surface area contributed by atoms with Crippen molar-refractivity contribution < 1.29 is 8.42 Å². The van der Waals surface area contributed by atoms with Gasteiger partial charge in [-0.15, -0.1) is 0 Å². The van der Waals surface area contributed by atoms with Crippen LogP contribution in [0.3, 0.4) is 0 Å². The molecule has 0 saturated heterocycles. The highest BCUT2D eigenvalue weighted by Gasteiger charge is 2.23. The fourth-order valence-corrected chi connectivity index (χ4v) is 2.55. The fourth-order valence-electron chi connectivity index (χ4n) is 1.67. The average molecular weight is 270 g/mol. The van der Waals surface area contributed by atoms with E-state index in [9.17, 15) is 8.42 Å². The van der Waals surface area contributed by atoms with Gasteiger partial charge in [0.25, 0.3) is 0 Å². The standard InChI is InChI=1S/C13H22N2O2S/c1-5-13(3,6-2)15-11-9-7-8-10-12(11)18(16,17)14-4/h7-10,14-15H,5-6H2,1-4H3. The number of para-hydroxylation sites is 1. The molecule has 102 valence electrons. The van der Waals surface area contributed by atoms with Gasteiger partial charge in [0.15, 0.2) is 0 Å². The molecule has 0 saturated carbocycles. The zero-order chi connectivity index (χ0) is 13.8. The van der Waals surface area contributed by atoms with Gasteiger partial charge in [-0.2, -0.15) is 0 Å². The van der Waals surface area contributed by atoms with Crippen molar-refractivity contribution >= 4 is 15.7 Å². The van der Waals surface area contributed by atoms with Gasteiger partial charge in [0.2, 0.25) is 10.0 Å². The minimum absolute atomic E-state index is 0.0979. The van der Waals surface area contributed by atoms with Gasteiger partial charge in [0.1, 0.15) is 4.90 Å². The average Bonchev–Trinajstić information content (AvgIpc) is 2.39. The number of rotatable bonds is 6. The van der Waals surface area contributed by atoms with Gasteiger partial charge >= 0.3 is 0 Å². The summed E-state index contributed by atoms with van der Waals surface area (Å²) in [5.41, 5.74) is 0.553. The van der Waals surface area contributed by atoms with E-state index >= 15 is 0 Å². The molecule has 4 nitrogen and oxygen atoms in total. The number of sulfonamides is 1. The Labute approximate surface area is 110 Å². The van der Waals surface area contributed by atoms with E-state index < -0.39 is 10.0 Å². The number of hydrogen-bond acceptors (Lipinski definition) is 3. The van der Waals surface area contributed by atoms with Gasteiger partial charge < -0.3 is 5.32 Å². The topological polar surface area (TPSA) is 58.2 Å². The molecule has 0 atom stereocenters. The highest BCUT2D eigenvalue weighted by atomic mass is 32.2. The Morgan fingerprint density at radius 2 is 1.72 bits per heavy atom. The third-order valence-electron chi connectivity index (χ3n) is 3.44. The molecule has 1 aromatic carbocycles. The summed E-state index contributed by atoms with van der Waals surface area (Å²) in [6.45, 7) is 6.27. The predicted octanol–water partition coefficient (Wildman–Crippen LogP) is 2.59. The maximum atomic E-state index is 11.9. The van der Waals surface area contributed by atoms with Crippen LogP contribution in [0.15, 0.2) is 29.2 Å². The van der Waals surface area contributed by atoms with Crippen molar-refractivity contribution in [2.45, 2.75) is 44.0 Å². The van der Waals surface area contributed by atoms with Crippen molar-refractivity contribution in [3.8, 4) is 0 Å². The summed E-state index contributed by atoms with van der Waals surface area (Å²) >= 11 is 0. The number of anilines is 1. The molecule has 1 rings (SSSR count). The molecule has 0 aromatic heterocycles. The molecular formula is C13H22N2O2S. The molecular weight excluding hydrogens is 248 g/mol. The number of nitrogens with one attached hydrogen (secondary N) is 2. The Bertz CT molecular complexity index is 493.